The largest absolute Gasteiger partial charge is 0.489 e. The lowest BCUT2D eigenvalue weighted by atomic mass is 9.99. The second-order valence-corrected chi connectivity index (χ2v) is 4.63. The maximum Gasteiger partial charge on any atom is 0.193 e. The van der Waals surface area contributed by atoms with E-state index in [4.69, 9.17) is 4.74 Å². The molecule has 1 heterocycles. The Labute approximate surface area is 102 Å². The van der Waals surface area contributed by atoms with Gasteiger partial charge in [-0.1, -0.05) is 13.8 Å². The topological polar surface area (TPSA) is 59.4 Å². The molecule has 1 unspecified atom stereocenters. The summed E-state index contributed by atoms with van der Waals surface area (Å²) in [4.78, 5) is 15.8. The van der Waals surface area contributed by atoms with Crippen LogP contribution in [0.15, 0.2) is 18.5 Å². The molecule has 0 bridgehead atoms. The summed E-state index contributed by atoms with van der Waals surface area (Å²) < 4.78 is 5.45. The number of aromatic nitrogens is 1. The summed E-state index contributed by atoms with van der Waals surface area (Å²) in [5.41, 5.74) is 0.379. The fraction of sp³-hybridized carbons (Fsp3) is 0.538. The van der Waals surface area contributed by atoms with Crippen LogP contribution in [0.25, 0.3) is 0 Å². The molecule has 1 aromatic heterocycles. The number of rotatable bonds is 5. The average molecular weight is 237 g/mol. The summed E-state index contributed by atoms with van der Waals surface area (Å²) in [6.45, 7) is 7.39. The smallest absolute Gasteiger partial charge is 0.193 e. The number of aliphatic hydroxyl groups is 1. The van der Waals surface area contributed by atoms with E-state index in [-0.39, 0.29) is 17.8 Å². The van der Waals surface area contributed by atoms with Gasteiger partial charge in [-0.25, -0.2) is 0 Å². The van der Waals surface area contributed by atoms with E-state index in [0.29, 0.717) is 11.3 Å². The highest BCUT2D eigenvalue weighted by atomic mass is 16.5. The minimum Gasteiger partial charge on any atom is -0.489 e. The van der Waals surface area contributed by atoms with Crippen molar-refractivity contribution in [2.24, 2.45) is 5.92 Å². The van der Waals surface area contributed by atoms with E-state index in [1.807, 2.05) is 13.8 Å². The van der Waals surface area contributed by atoms with Crippen LogP contribution in [0.3, 0.4) is 0 Å². The number of nitrogens with zero attached hydrogens (tertiary/aromatic N) is 1. The minimum atomic E-state index is -0.994. The Morgan fingerprint density at radius 3 is 2.47 bits per heavy atom. The molecule has 1 atom stereocenters. The molecule has 17 heavy (non-hydrogen) atoms. The van der Waals surface area contributed by atoms with Crippen LogP contribution < -0.4 is 4.74 Å². The van der Waals surface area contributed by atoms with Gasteiger partial charge in [0.2, 0.25) is 0 Å². The van der Waals surface area contributed by atoms with E-state index in [1.165, 1.54) is 6.20 Å². The first-order valence-electron chi connectivity index (χ1n) is 5.75. The number of carbonyl (C=O) groups is 1. The highest BCUT2D eigenvalue weighted by Crippen LogP contribution is 2.16. The maximum absolute atomic E-state index is 11.9. The van der Waals surface area contributed by atoms with Crippen LogP contribution in [-0.4, -0.2) is 28.1 Å². The molecule has 0 fully saturated rings. The first kappa shape index (κ1) is 13.6. The normalized spacial score (nSPS) is 12.9. The lowest BCUT2D eigenvalue weighted by molar-refractivity contribution is 0.0647. The molecule has 0 aliphatic carbocycles. The zero-order valence-electron chi connectivity index (χ0n) is 10.7. The van der Waals surface area contributed by atoms with Crippen molar-refractivity contribution in [1.82, 2.24) is 4.98 Å². The second-order valence-electron chi connectivity index (χ2n) is 4.63. The van der Waals surface area contributed by atoms with Crippen molar-refractivity contribution in [1.29, 1.82) is 0 Å². The monoisotopic (exact) mass is 237 g/mol. The molecule has 0 saturated heterocycles. The van der Waals surface area contributed by atoms with Gasteiger partial charge in [-0.2, -0.15) is 0 Å². The minimum absolute atomic E-state index is 0.0252. The third kappa shape index (κ3) is 3.82. The number of ether oxygens (including phenoxy) is 1. The highest BCUT2D eigenvalue weighted by molar-refractivity contribution is 5.99. The summed E-state index contributed by atoms with van der Waals surface area (Å²) in [7, 11) is 0. The van der Waals surface area contributed by atoms with E-state index >= 15 is 0 Å². The van der Waals surface area contributed by atoms with Crippen molar-refractivity contribution in [3.05, 3.63) is 24.0 Å². The van der Waals surface area contributed by atoms with Crippen LogP contribution in [0.4, 0.5) is 0 Å². The van der Waals surface area contributed by atoms with Gasteiger partial charge in [-0.3, -0.25) is 9.78 Å². The zero-order chi connectivity index (χ0) is 13.0. The maximum atomic E-state index is 11.9. The molecule has 0 amide bonds. The van der Waals surface area contributed by atoms with Crippen LogP contribution in [0.2, 0.25) is 0 Å². The van der Waals surface area contributed by atoms with Gasteiger partial charge in [0.05, 0.1) is 12.3 Å². The zero-order valence-corrected chi connectivity index (χ0v) is 10.7. The van der Waals surface area contributed by atoms with Crippen molar-refractivity contribution in [3.8, 4) is 5.75 Å². The lowest BCUT2D eigenvalue weighted by Gasteiger charge is -2.14. The molecular formula is C13H19NO3. The Kier molecular flexibility index (Phi) is 4.63. The molecule has 0 spiro atoms. The van der Waals surface area contributed by atoms with Gasteiger partial charge < -0.3 is 9.84 Å². The van der Waals surface area contributed by atoms with Crippen LogP contribution in [-0.2, 0) is 0 Å². The van der Waals surface area contributed by atoms with E-state index in [1.54, 1.807) is 26.1 Å². The fourth-order valence-electron chi connectivity index (χ4n) is 1.36. The molecule has 4 heteroatoms. The van der Waals surface area contributed by atoms with Crippen molar-refractivity contribution >= 4 is 5.78 Å². The molecule has 0 aliphatic heterocycles. The summed E-state index contributed by atoms with van der Waals surface area (Å²) in [5, 5.41) is 9.70. The molecule has 0 radical (unpaired) electrons. The lowest BCUT2D eigenvalue weighted by Crippen LogP contribution is -2.26. The predicted molar refractivity (Wildman–Crippen MR) is 65.2 cm³/mol. The number of Topliss-reactive ketones (excluding diaryl/α,β-unsaturated/α-hetero) is 1. The third-order valence-electron chi connectivity index (χ3n) is 2.27. The van der Waals surface area contributed by atoms with Gasteiger partial charge >= 0.3 is 0 Å². The number of hydrogen-bond donors (Lipinski definition) is 1. The third-order valence-corrected chi connectivity index (χ3v) is 2.27. The number of ketones is 1. The van der Waals surface area contributed by atoms with E-state index in [2.05, 4.69) is 4.98 Å². The molecule has 4 nitrogen and oxygen atoms in total. The summed E-state index contributed by atoms with van der Waals surface area (Å²) in [5.74, 6) is 0.112. The van der Waals surface area contributed by atoms with E-state index in [0.717, 1.165) is 0 Å². The molecule has 94 valence electrons. The molecule has 1 N–H and O–H groups in total. The molecule has 0 saturated carbocycles. The van der Waals surface area contributed by atoms with Crippen molar-refractivity contribution in [2.75, 3.05) is 0 Å². The SMILES string of the molecule is CC(C)Oc1cncc(C(=O)C(O)C(C)C)c1. The summed E-state index contributed by atoms with van der Waals surface area (Å²) in [6.07, 6.45) is 2.03. The van der Waals surface area contributed by atoms with Crippen LogP contribution in [0.5, 0.6) is 5.75 Å². The Bertz CT molecular complexity index is 388. The van der Waals surface area contributed by atoms with Gasteiger partial charge in [0.15, 0.2) is 5.78 Å². The molecule has 0 aliphatic rings. The first-order valence-corrected chi connectivity index (χ1v) is 5.75. The molecule has 1 aromatic rings. The molecule has 0 aromatic carbocycles. The van der Waals surface area contributed by atoms with Gasteiger partial charge in [0, 0.05) is 11.8 Å². The summed E-state index contributed by atoms with van der Waals surface area (Å²) >= 11 is 0. The van der Waals surface area contributed by atoms with Crippen molar-refractivity contribution in [2.45, 2.75) is 39.9 Å². The standard InChI is InChI=1S/C13H19NO3/c1-8(2)12(15)13(16)10-5-11(7-14-6-10)17-9(3)4/h5-9,12,15H,1-4H3. The van der Waals surface area contributed by atoms with Gasteiger partial charge in [-0.05, 0) is 25.8 Å². The average Bonchev–Trinajstić information content (AvgIpc) is 2.26. The Morgan fingerprint density at radius 2 is 1.94 bits per heavy atom. The first-order chi connectivity index (χ1) is 7.91. The Hall–Kier alpha value is -1.42. The molecular weight excluding hydrogens is 218 g/mol. The Balaban J connectivity index is 2.88. The molecule has 1 rings (SSSR count). The highest BCUT2D eigenvalue weighted by Gasteiger charge is 2.21. The number of hydrogen-bond acceptors (Lipinski definition) is 4. The van der Waals surface area contributed by atoms with E-state index < -0.39 is 6.10 Å². The number of pyridine rings is 1. The number of carbonyl (C=O) groups excluding carboxylic acids is 1. The van der Waals surface area contributed by atoms with Crippen molar-refractivity contribution < 1.29 is 14.6 Å². The quantitative estimate of drug-likeness (QED) is 0.796. The van der Waals surface area contributed by atoms with E-state index in [9.17, 15) is 9.90 Å². The van der Waals surface area contributed by atoms with Crippen LogP contribution in [0.1, 0.15) is 38.1 Å². The van der Waals surface area contributed by atoms with Gasteiger partial charge in [0.1, 0.15) is 11.9 Å². The van der Waals surface area contributed by atoms with Gasteiger partial charge in [-0.15, -0.1) is 0 Å². The number of aliphatic hydroxyl groups excluding tert-OH is 1. The fourth-order valence-corrected chi connectivity index (χ4v) is 1.36. The Morgan fingerprint density at radius 1 is 1.29 bits per heavy atom. The second kappa shape index (κ2) is 5.77. The summed E-state index contributed by atoms with van der Waals surface area (Å²) in [6, 6.07) is 1.61. The van der Waals surface area contributed by atoms with Crippen LogP contribution >= 0.6 is 0 Å². The predicted octanol–water partition coefficient (Wildman–Crippen LogP) is 2.07. The van der Waals surface area contributed by atoms with Gasteiger partial charge in [0.25, 0.3) is 0 Å². The van der Waals surface area contributed by atoms with Crippen molar-refractivity contribution in [3.63, 3.8) is 0 Å². The van der Waals surface area contributed by atoms with Crippen LogP contribution in [0, 0.1) is 5.92 Å².